The van der Waals surface area contributed by atoms with Crippen molar-refractivity contribution < 1.29 is 9.59 Å². The summed E-state index contributed by atoms with van der Waals surface area (Å²) in [6, 6.07) is 16.1. The summed E-state index contributed by atoms with van der Waals surface area (Å²) in [7, 11) is 1.83. The molecule has 2 aromatic carbocycles. The second-order valence-electron chi connectivity index (χ2n) is 7.59. The number of carbonyl (C=O) groups is 2. The molecule has 0 N–H and O–H groups in total. The van der Waals surface area contributed by atoms with Crippen molar-refractivity contribution in [3.8, 4) is 0 Å². The fourth-order valence-corrected chi connectivity index (χ4v) is 4.35. The van der Waals surface area contributed by atoms with Crippen LogP contribution in [0.1, 0.15) is 24.0 Å². The molecule has 2 amide bonds. The van der Waals surface area contributed by atoms with Gasteiger partial charge < -0.3 is 9.80 Å². The average molecular weight is 409 g/mol. The molecular formula is C22H24N4O2S. The van der Waals surface area contributed by atoms with E-state index in [4.69, 9.17) is 0 Å². The molecule has 29 heavy (non-hydrogen) atoms. The SMILES string of the molecule is CN(Cc1ccc2nsnc2c1)C(=O)[C@@H]1CCC(=O)N(CCc2ccccc2)C1. The standard InChI is InChI=1S/C22H24N4O2S/c1-25(14-17-7-9-19-20(13-17)24-29-23-19)22(28)18-8-10-21(27)26(15-18)12-11-16-5-3-2-4-6-16/h2-7,9,13,18H,8,10-12,14-15H2,1H3/t18-/m1/s1. The molecule has 2 heterocycles. The van der Waals surface area contributed by atoms with Crippen LogP contribution in [-0.2, 0) is 22.6 Å². The van der Waals surface area contributed by atoms with Gasteiger partial charge in [0.15, 0.2) is 0 Å². The third-order valence-corrected chi connectivity index (χ3v) is 6.03. The third-order valence-electron chi connectivity index (χ3n) is 5.48. The van der Waals surface area contributed by atoms with Crippen LogP contribution in [0.25, 0.3) is 11.0 Å². The molecule has 0 radical (unpaired) electrons. The first-order chi connectivity index (χ1) is 14.1. The van der Waals surface area contributed by atoms with Gasteiger partial charge in [0.25, 0.3) is 0 Å². The predicted molar refractivity (Wildman–Crippen MR) is 113 cm³/mol. The maximum atomic E-state index is 13.0. The van der Waals surface area contributed by atoms with Gasteiger partial charge in [0, 0.05) is 33.1 Å². The van der Waals surface area contributed by atoms with Gasteiger partial charge in [-0.25, -0.2) is 0 Å². The Morgan fingerprint density at radius 3 is 2.76 bits per heavy atom. The smallest absolute Gasteiger partial charge is 0.227 e. The highest BCUT2D eigenvalue weighted by Crippen LogP contribution is 2.21. The first kappa shape index (κ1) is 19.5. The average Bonchev–Trinajstić information content (AvgIpc) is 3.21. The number of rotatable bonds is 6. The van der Waals surface area contributed by atoms with E-state index in [1.165, 1.54) is 17.3 Å². The second-order valence-corrected chi connectivity index (χ2v) is 8.12. The van der Waals surface area contributed by atoms with E-state index in [2.05, 4.69) is 20.9 Å². The molecule has 0 spiro atoms. The van der Waals surface area contributed by atoms with E-state index in [1.54, 1.807) is 4.90 Å². The number of likely N-dealkylation sites (tertiary alicyclic amines) is 1. The summed E-state index contributed by atoms with van der Waals surface area (Å²) in [5.41, 5.74) is 3.99. The van der Waals surface area contributed by atoms with Gasteiger partial charge in [-0.2, -0.15) is 8.75 Å². The zero-order valence-electron chi connectivity index (χ0n) is 16.5. The van der Waals surface area contributed by atoms with Crippen molar-refractivity contribution in [2.45, 2.75) is 25.8 Å². The Hall–Kier alpha value is -2.80. The van der Waals surface area contributed by atoms with Crippen molar-refractivity contribution in [1.82, 2.24) is 18.5 Å². The summed E-state index contributed by atoms with van der Waals surface area (Å²) >= 11 is 1.19. The molecule has 0 saturated carbocycles. The van der Waals surface area contributed by atoms with E-state index in [1.807, 2.05) is 48.3 Å². The summed E-state index contributed by atoms with van der Waals surface area (Å²) in [5, 5.41) is 0. The van der Waals surface area contributed by atoms with Crippen LogP contribution < -0.4 is 0 Å². The minimum atomic E-state index is -0.141. The molecule has 1 aromatic heterocycles. The van der Waals surface area contributed by atoms with Gasteiger partial charge in [-0.3, -0.25) is 9.59 Å². The molecule has 6 nitrogen and oxygen atoms in total. The number of amides is 2. The minimum Gasteiger partial charge on any atom is -0.342 e. The molecular weight excluding hydrogens is 384 g/mol. The first-order valence-electron chi connectivity index (χ1n) is 9.88. The number of carbonyl (C=O) groups excluding carboxylic acids is 2. The zero-order valence-corrected chi connectivity index (χ0v) is 17.3. The predicted octanol–water partition coefficient (Wildman–Crippen LogP) is 3.13. The second kappa shape index (κ2) is 8.69. The van der Waals surface area contributed by atoms with Crippen LogP contribution in [0.2, 0.25) is 0 Å². The third kappa shape index (κ3) is 4.62. The van der Waals surface area contributed by atoms with Crippen molar-refractivity contribution in [2.75, 3.05) is 20.1 Å². The molecule has 0 bridgehead atoms. The van der Waals surface area contributed by atoms with Crippen molar-refractivity contribution in [3.05, 3.63) is 59.7 Å². The molecule has 0 aliphatic carbocycles. The van der Waals surface area contributed by atoms with Crippen LogP contribution >= 0.6 is 11.7 Å². The Kier molecular flexibility index (Phi) is 5.85. The molecule has 1 fully saturated rings. The van der Waals surface area contributed by atoms with E-state index in [-0.39, 0.29) is 17.7 Å². The van der Waals surface area contributed by atoms with E-state index in [0.29, 0.717) is 32.5 Å². The van der Waals surface area contributed by atoms with Crippen LogP contribution in [0, 0.1) is 5.92 Å². The van der Waals surface area contributed by atoms with Crippen molar-refractivity contribution in [1.29, 1.82) is 0 Å². The summed E-state index contributed by atoms with van der Waals surface area (Å²) < 4.78 is 8.48. The topological polar surface area (TPSA) is 66.4 Å². The normalized spacial score (nSPS) is 16.9. The largest absolute Gasteiger partial charge is 0.342 e. The number of benzene rings is 2. The Balaban J connectivity index is 1.36. The minimum absolute atomic E-state index is 0.0960. The molecule has 7 heteroatoms. The van der Waals surface area contributed by atoms with Crippen molar-refractivity contribution in [2.24, 2.45) is 5.92 Å². The van der Waals surface area contributed by atoms with Gasteiger partial charge >= 0.3 is 0 Å². The number of nitrogens with zero attached hydrogens (tertiary/aromatic N) is 4. The van der Waals surface area contributed by atoms with Crippen LogP contribution in [0.5, 0.6) is 0 Å². The molecule has 0 unspecified atom stereocenters. The van der Waals surface area contributed by atoms with Crippen LogP contribution in [0.4, 0.5) is 0 Å². The number of aromatic nitrogens is 2. The quantitative estimate of drug-likeness (QED) is 0.629. The Bertz CT molecular complexity index is 1000. The van der Waals surface area contributed by atoms with Gasteiger partial charge in [0.1, 0.15) is 11.0 Å². The maximum absolute atomic E-state index is 13.0. The van der Waals surface area contributed by atoms with Crippen LogP contribution in [0.15, 0.2) is 48.5 Å². The molecule has 1 saturated heterocycles. The molecule has 1 atom stereocenters. The van der Waals surface area contributed by atoms with E-state index < -0.39 is 0 Å². The molecule has 3 aromatic rings. The summed E-state index contributed by atoms with van der Waals surface area (Å²) in [6.45, 7) is 1.69. The highest BCUT2D eigenvalue weighted by Gasteiger charge is 2.31. The molecule has 1 aliphatic heterocycles. The summed E-state index contributed by atoms with van der Waals surface area (Å²) in [5.74, 6) is 0.103. The first-order valence-corrected chi connectivity index (χ1v) is 10.6. The number of fused-ring (bicyclic) bond motifs is 1. The fourth-order valence-electron chi connectivity index (χ4n) is 3.83. The van der Waals surface area contributed by atoms with E-state index >= 15 is 0 Å². The fraction of sp³-hybridized carbons (Fsp3) is 0.364. The van der Waals surface area contributed by atoms with Crippen LogP contribution in [-0.4, -0.2) is 50.5 Å². The number of piperidine rings is 1. The van der Waals surface area contributed by atoms with Crippen molar-refractivity contribution >= 4 is 34.6 Å². The molecule has 1 aliphatic rings. The Morgan fingerprint density at radius 2 is 1.93 bits per heavy atom. The van der Waals surface area contributed by atoms with Gasteiger partial charge in [-0.1, -0.05) is 36.4 Å². The maximum Gasteiger partial charge on any atom is 0.227 e. The summed E-state index contributed by atoms with van der Waals surface area (Å²) in [4.78, 5) is 28.9. The Labute approximate surface area is 174 Å². The number of hydrogen-bond acceptors (Lipinski definition) is 5. The molecule has 150 valence electrons. The lowest BCUT2D eigenvalue weighted by Crippen LogP contribution is -2.46. The highest BCUT2D eigenvalue weighted by molar-refractivity contribution is 7.00. The zero-order chi connectivity index (χ0) is 20.2. The summed E-state index contributed by atoms with van der Waals surface area (Å²) in [6.07, 6.45) is 1.87. The van der Waals surface area contributed by atoms with Crippen LogP contribution in [0.3, 0.4) is 0 Å². The highest BCUT2D eigenvalue weighted by atomic mass is 32.1. The van der Waals surface area contributed by atoms with E-state index in [9.17, 15) is 9.59 Å². The van der Waals surface area contributed by atoms with Gasteiger partial charge in [0.2, 0.25) is 11.8 Å². The van der Waals surface area contributed by atoms with Gasteiger partial charge in [-0.05, 0) is 36.1 Å². The molecule has 4 rings (SSSR count). The monoisotopic (exact) mass is 408 g/mol. The van der Waals surface area contributed by atoms with E-state index in [0.717, 1.165) is 23.0 Å². The Morgan fingerprint density at radius 1 is 1.14 bits per heavy atom. The van der Waals surface area contributed by atoms with Gasteiger partial charge in [0.05, 0.1) is 17.6 Å². The van der Waals surface area contributed by atoms with Crippen molar-refractivity contribution in [3.63, 3.8) is 0 Å². The lowest BCUT2D eigenvalue weighted by molar-refractivity contribution is -0.142. The lowest BCUT2D eigenvalue weighted by atomic mass is 9.95. The lowest BCUT2D eigenvalue weighted by Gasteiger charge is -2.34. The number of hydrogen-bond donors (Lipinski definition) is 0. The van der Waals surface area contributed by atoms with Gasteiger partial charge in [-0.15, -0.1) is 0 Å².